The predicted molar refractivity (Wildman–Crippen MR) is 78.4 cm³/mol. The first-order valence-electron chi connectivity index (χ1n) is 6.29. The molecule has 2 N–H and O–H groups in total. The van der Waals surface area contributed by atoms with Crippen LogP contribution in [0.3, 0.4) is 0 Å². The molecule has 110 valence electrons. The largest absolute Gasteiger partial charge is 0.479 e. The van der Waals surface area contributed by atoms with E-state index in [0.717, 1.165) is 22.7 Å². The number of carbonyl (C=O) groups is 2. The van der Waals surface area contributed by atoms with Crippen molar-refractivity contribution >= 4 is 23.4 Å². The molecular formula is C14H15N3O3S. The first kappa shape index (κ1) is 15.1. The van der Waals surface area contributed by atoms with Gasteiger partial charge in [0.15, 0.2) is 6.04 Å². The van der Waals surface area contributed by atoms with Crippen LogP contribution < -0.4 is 5.32 Å². The lowest BCUT2D eigenvalue weighted by Crippen LogP contribution is -2.33. The van der Waals surface area contributed by atoms with Gasteiger partial charge in [-0.25, -0.2) is 4.79 Å². The second-order valence-electron chi connectivity index (χ2n) is 4.85. The van der Waals surface area contributed by atoms with Crippen molar-refractivity contribution in [3.8, 4) is 0 Å². The summed E-state index contributed by atoms with van der Waals surface area (Å²) in [5.41, 5.74) is 2.92. The monoisotopic (exact) mass is 305 g/mol. The van der Waals surface area contributed by atoms with E-state index in [1.165, 1.54) is 0 Å². The number of aryl methyl sites for hydroxylation is 3. The maximum atomic E-state index is 12.1. The molecule has 0 saturated heterocycles. The Morgan fingerprint density at radius 2 is 1.81 bits per heavy atom. The molecule has 6 nitrogen and oxygen atoms in total. The quantitative estimate of drug-likeness (QED) is 0.901. The van der Waals surface area contributed by atoms with Crippen LogP contribution in [-0.4, -0.2) is 26.6 Å². The molecule has 2 aromatic rings. The molecule has 0 aliphatic heterocycles. The fourth-order valence-corrected chi connectivity index (χ4v) is 2.66. The number of carboxylic acids is 1. The van der Waals surface area contributed by atoms with E-state index in [2.05, 4.69) is 14.9 Å². The Hall–Kier alpha value is -2.28. The van der Waals surface area contributed by atoms with Gasteiger partial charge in [-0.3, -0.25) is 4.79 Å². The lowest BCUT2D eigenvalue weighted by molar-refractivity contribution is -0.139. The zero-order valence-corrected chi connectivity index (χ0v) is 12.7. The van der Waals surface area contributed by atoms with Crippen molar-refractivity contribution in [2.75, 3.05) is 0 Å². The van der Waals surface area contributed by atoms with Gasteiger partial charge in [-0.15, -0.1) is 5.10 Å². The summed E-state index contributed by atoms with van der Waals surface area (Å²) >= 11 is 0.947. The lowest BCUT2D eigenvalue weighted by Gasteiger charge is -2.15. The Labute approximate surface area is 126 Å². The molecule has 1 unspecified atom stereocenters. The summed E-state index contributed by atoms with van der Waals surface area (Å²) < 4.78 is 3.68. The zero-order valence-electron chi connectivity index (χ0n) is 11.9. The molecule has 7 heteroatoms. The molecule has 0 saturated carbocycles. The van der Waals surface area contributed by atoms with Crippen molar-refractivity contribution in [1.82, 2.24) is 14.9 Å². The van der Waals surface area contributed by atoms with E-state index >= 15 is 0 Å². The van der Waals surface area contributed by atoms with Gasteiger partial charge in [0.1, 0.15) is 4.88 Å². The molecule has 0 spiro atoms. The van der Waals surface area contributed by atoms with Crippen LogP contribution in [0.15, 0.2) is 18.2 Å². The van der Waals surface area contributed by atoms with E-state index in [9.17, 15) is 14.7 Å². The van der Waals surface area contributed by atoms with Crippen molar-refractivity contribution in [3.63, 3.8) is 0 Å². The van der Waals surface area contributed by atoms with Crippen molar-refractivity contribution < 1.29 is 14.7 Å². The van der Waals surface area contributed by atoms with Gasteiger partial charge in [0.25, 0.3) is 5.91 Å². The Kier molecular flexibility index (Phi) is 4.32. The lowest BCUT2D eigenvalue weighted by atomic mass is 10.0. The van der Waals surface area contributed by atoms with Gasteiger partial charge in [-0.05, 0) is 37.9 Å². The third-order valence-electron chi connectivity index (χ3n) is 2.96. The molecule has 0 bridgehead atoms. The maximum absolute atomic E-state index is 12.1. The highest BCUT2D eigenvalue weighted by Crippen LogP contribution is 2.19. The second-order valence-corrected chi connectivity index (χ2v) is 5.61. The fourth-order valence-electron chi connectivity index (χ4n) is 2.10. The third kappa shape index (κ3) is 3.43. The maximum Gasteiger partial charge on any atom is 0.330 e. The number of nitrogens with zero attached hydrogens (tertiary/aromatic N) is 2. The van der Waals surface area contributed by atoms with Crippen LogP contribution in [-0.2, 0) is 4.79 Å². The van der Waals surface area contributed by atoms with Crippen LogP contribution in [0.25, 0.3) is 0 Å². The van der Waals surface area contributed by atoms with Gasteiger partial charge < -0.3 is 10.4 Å². The number of amides is 1. The zero-order chi connectivity index (χ0) is 15.6. The number of hydrogen-bond acceptors (Lipinski definition) is 5. The van der Waals surface area contributed by atoms with E-state index in [4.69, 9.17) is 0 Å². The molecular weight excluding hydrogens is 290 g/mol. The SMILES string of the molecule is Cc1cc(C)cc(C(NC(=O)c2snnc2C)C(=O)O)c1. The first-order valence-corrected chi connectivity index (χ1v) is 7.06. The van der Waals surface area contributed by atoms with Gasteiger partial charge >= 0.3 is 5.97 Å². The van der Waals surface area contributed by atoms with E-state index in [1.54, 1.807) is 19.1 Å². The van der Waals surface area contributed by atoms with Crippen LogP contribution in [0.2, 0.25) is 0 Å². The summed E-state index contributed by atoms with van der Waals surface area (Å²) in [7, 11) is 0. The molecule has 21 heavy (non-hydrogen) atoms. The van der Waals surface area contributed by atoms with Crippen LogP contribution in [0, 0.1) is 20.8 Å². The highest BCUT2D eigenvalue weighted by atomic mass is 32.1. The summed E-state index contributed by atoms with van der Waals surface area (Å²) in [6.07, 6.45) is 0. The predicted octanol–water partition coefficient (Wildman–Crippen LogP) is 2.02. The number of nitrogens with one attached hydrogen (secondary N) is 1. The van der Waals surface area contributed by atoms with E-state index in [0.29, 0.717) is 16.1 Å². The van der Waals surface area contributed by atoms with Crippen molar-refractivity contribution in [2.24, 2.45) is 0 Å². The van der Waals surface area contributed by atoms with Gasteiger partial charge in [0.05, 0.1) is 5.69 Å². The van der Waals surface area contributed by atoms with Crippen LogP contribution in [0.1, 0.15) is 38.1 Å². The van der Waals surface area contributed by atoms with Crippen molar-refractivity contribution in [3.05, 3.63) is 45.5 Å². The van der Waals surface area contributed by atoms with Gasteiger partial charge in [0.2, 0.25) is 0 Å². The fraction of sp³-hybridized carbons (Fsp3) is 0.286. The molecule has 1 amide bonds. The van der Waals surface area contributed by atoms with Gasteiger partial charge in [-0.1, -0.05) is 33.8 Å². The molecule has 1 aromatic heterocycles. The summed E-state index contributed by atoms with van der Waals surface area (Å²) in [6.45, 7) is 5.42. The molecule has 0 aliphatic carbocycles. The second kappa shape index (κ2) is 6.01. The highest BCUT2D eigenvalue weighted by molar-refractivity contribution is 7.08. The number of aromatic nitrogens is 2. The molecule has 2 rings (SSSR count). The highest BCUT2D eigenvalue weighted by Gasteiger charge is 2.25. The summed E-state index contributed by atoms with van der Waals surface area (Å²) in [5, 5.41) is 15.7. The average Bonchev–Trinajstić information content (AvgIpc) is 2.80. The summed E-state index contributed by atoms with van der Waals surface area (Å²) in [6, 6.07) is 4.35. The number of benzene rings is 1. The van der Waals surface area contributed by atoms with Crippen LogP contribution >= 0.6 is 11.5 Å². The molecule has 0 radical (unpaired) electrons. The minimum Gasteiger partial charge on any atom is -0.479 e. The van der Waals surface area contributed by atoms with Crippen LogP contribution in [0.5, 0.6) is 0 Å². The van der Waals surface area contributed by atoms with E-state index in [-0.39, 0.29) is 0 Å². The Balaban J connectivity index is 2.30. The number of aliphatic carboxylic acids is 1. The van der Waals surface area contributed by atoms with Gasteiger partial charge in [-0.2, -0.15) is 0 Å². The van der Waals surface area contributed by atoms with Gasteiger partial charge in [0, 0.05) is 0 Å². The minimum atomic E-state index is -1.11. The topological polar surface area (TPSA) is 92.2 Å². The molecule has 0 fully saturated rings. The average molecular weight is 305 g/mol. The first-order chi connectivity index (χ1) is 9.88. The van der Waals surface area contributed by atoms with E-state index < -0.39 is 17.9 Å². The molecule has 1 atom stereocenters. The summed E-state index contributed by atoms with van der Waals surface area (Å²) in [5.74, 6) is -1.59. The van der Waals surface area contributed by atoms with E-state index in [1.807, 2.05) is 19.9 Å². The standard InChI is InChI=1S/C14H15N3O3S/c1-7-4-8(2)6-10(5-7)11(14(19)20)15-13(18)12-9(3)16-17-21-12/h4-6,11H,1-3H3,(H,15,18)(H,19,20). The Bertz CT molecular complexity index is 676. The number of carboxylic acid groups (broad SMARTS) is 1. The van der Waals surface area contributed by atoms with Crippen LogP contribution in [0.4, 0.5) is 0 Å². The Morgan fingerprint density at radius 3 is 2.29 bits per heavy atom. The smallest absolute Gasteiger partial charge is 0.330 e. The number of hydrogen-bond donors (Lipinski definition) is 2. The minimum absolute atomic E-state index is 0.325. The number of rotatable bonds is 4. The normalized spacial score (nSPS) is 12.0. The Morgan fingerprint density at radius 1 is 1.19 bits per heavy atom. The molecule has 0 aliphatic rings. The molecule has 1 heterocycles. The third-order valence-corrected chi connectivity index (χ3v) is 3.78. The van der Waals surface area contributed by atoms with Crippen molar-refractivity contribution in [2.45, 2.75) is 26.8 Å². The van der Waals surface area contributed by atoms with Crippen molar-refractivity contribution in [1.29, 1.82) is 0 Å². The summed E-state index contributed by atoms with van der Waals surface area (Å²) in [4.78, 5) is 23.9. The molecule has 1 aromatic carbocycles. The number of carbonyl (C=O) groups excluding carboxylic acids is 1.